The molecule has 0 bridgehead atoms. The standard InChI is InChI=1S/C12H20N4O/c1-7(9-5-3-4-6-9)14-12(17)10-8(2)15-16-11(10)13/h7,9H,3-6H2,1-2H3,(H,14,17)(H3,13,15,16). The molecule has 0 aromatic carbocycles. The van der Waals surface area contributed by atoms with Crippen LogP contribution in [-0.4, -0.2) is 22.1 Å². The lowest BCUT2D eigenvalue weighted by Crippen LogP contribution is -2.37. The summed E-state index contributed by atoms with van der Waals surface area (Å²) < 4.78 is 0. The van der Waals surface area contributed by atoms with Gasteiger partial charge in [0.05, 0.1) is 0 Å². The Morgan fingerprint density at radius 3 is 2.71 bits per heavy atom. The molecule has 0 spiro atoms. The minimum Gasteiger partial charge on any atom is -0.382 e. The number of carbonyl (C=O) groups is 1. The van der Waals surface area contributed by atoms with Crippen molar-refractivity contribution in [3.05, 3.63) is 11.3 Å². The number of aryl methyl sites for hydroxylation is 1. The molecule has 1 amide bonds. The van der Waals surface area contributed by atoms with Gasteiger partial charge in [0.2, 0.25) is 0 Å². The average molecular weight is 236 g/mol. The molecule has 2 rings (SSSR count). The summed E-state index contributed by atoms with van der Waals surface area (Å²) in [5.41, 5.74) is 6.87. The van der Waals surface area contributed by atoms with E-state index in [1.54, 1.807) is 6.92 Å². The molecule has 1 saturated carbocycles. The third-order valence-corrected chi connectivity index (χ3v) is 3.67. The summed E-state index contributed by atoms with van der Waals surface area (Å²) >= 11 is 0. The van der Waals surface area contributed by atoms with Crippen LogP contribution in [0.4, 0.5) is 5.82 Å². The summed E-state index contributed by atoms with van der Waals surface area (Å²) in [5.74, 6) is 0.763. The number of aromatic nitrogens is 2. The molecule has 4 N–H and O–H groups in total. The van der Waals surface area contributed by atoms with Gasteiger partial charge in [0, 0.05) is 11.7 Å². The second-order valence-electron chi connectivity index (χ2n) is 4.92. The van der Waals surface area contributed by atoms with Gasteiger partial charge in [-0.1, -0.05) is 12.8 Å². The monoisotopic (exact) mass is 236 g/mol. The topological polar surface area (TPSA) is 83.8 Å². The second-order valence-corrected chi connectivity index (χ2v) is 4.92. The second kappa shape index (κ2) is 4.77. The van der Waals surface area contributed by atoms with Crippen molar-refractivity contribution in [2.75, 3.05) is 5.73 Å². The number of anilines is 1. The van der Waals surface area contributed by atoms with Gasteiger partial charge >= 0.3 is 0 Å². The van der Waals surface area contributed by atoms with Gasteiger partial charge in [0.15, 0.2) is 5.82 Å². The number of aromatic amines is 1. The maximum Gasteiger partial charge on any atom is 0.257 e. The Bertz CT molecular complexity index is 387. The molecule has 1 aromatic rings. The number of amides is 1. The summed E-state index contributed by atoms with van der Waals surface area (Å²) in [6.45, 7) is 3.87. The van der Waals surface area contributed by atoms with E-state index in [9.17, 15) is 4.79 Å². The zero-order valence-electron chi connectivity index (χ0n) is 10.4. The van der Waals surface area contributed by atoms with Gasteiger partial charge < -0.3 is 11.1 Å². The lowest BCUT2D eigenvalue weighted by Gasteiger charge is -2.20. The van der Waals surface area contributed by atoms with Gasteiger partial charge in [-0.25, -0.2) is 0 Å². The third-order valence-electron chi connectivity index (χ3n) is 3.67. The number of carbonyl (C=O) groups excluding carboxylic acids is 1. The van der Waals surface area contributed by atoms with Crippen LogP contribution in [0.3, 0.4) is 0 Å². The quantitative estimate of drug-likeness (QED) is 0.745. The number of nitrogen functional groups attached to an aromatic ring is 1. The van der Waals surface area contributed by atoms with E-state index < -0.39 is 0 Å². The lowest BCUT2D eigenvalue weighted by atomic mass is 9.99. The normalized spacial score (nSPS) is 18.2. The first-order chi connectivity index (χ1) is 8.09. The highest BCUT2D eigenvalue weighted by molar-refractivity contribution is 5.99. The predicted molar refractivity (Wildman–Crippen MR) is 66.6 cm³/mol. The molecule has 0 radical (unpaired) electrons. The Kier molecular flexibility index (Phi) is 3.36. The maximum absolute atomic E-state index is 12.1. The Balaban J connectivity index is 2.01. The summed E-state index contributed by atoms with van der Waals surface area (Å²) in [5, 5.41) is 9.59. The molecule has 5 heteroatoms. The van der Waals surface area contributed by atoms with Gasteiger partial charge in [0.25, 0.3) is 5.91 Å². The number of hydrogen-bond donors (Lipinski definition) is 3. The van der Waals surface area contributed by atoms with E-state index in [1.165, 1.54) is 25.7 Å². The first-order valence-corrected chi connectivity index (χ1v) is 6.21. The third kappa shape index (κ3) is 2.43. The Hall–Kier alpha value is -1.52. The lowest BCUT2D eigenvalue weighted by molar-refractivity contribution is 0.0927. The van der Waals surface area contributed by atoms with Gasteiger partial charge in [-0.3, -0.25) is 9.89 Å². The van der Waals surface area contributed by atoms with E-state index >= 15 is 0 Å². The Labute approximate surface area is 101 Å². The molecule has 1 aromatic heterocycles. The zero-order valence-corrected chi connectivity index (χ0v) is 10.4. The Morgan fingerprint density at radius 2 is 2.18 bits per heavy atom. The van der Waals surface area contributed by atoms with E-state index in [0.717, 1.165) is 5.69 Å². The van der Waals surface area contributed by atoms with Crippen LogP contribution in [0.15, 0.2) is 0 Å². The van der Waals surface area contributed by atoms with Crippen LogP contribution in [0.25, 0.3) is 0 Å². The van der Waals surface area contributed by atoms with Gasteiger partial charge in [-0.15, -0.1) is 0 Å². The molecule has 5 nitrogen and oxygen atoms in total. The van der Waals surface area contributed by atoms with Gasteiger partial charge in [0.1, 0.15) is 5.56 Å². The molecule has 1 atom stereocenters. The van der Waals surface area contributed by atoms with E-state index in [4.69, 9.17) is 5.73 Å². The van der Waals surface area contributed by atoms with E-state index in [2.05, 4.69) is 22.4 Å². The highest BCUT2D eigenvalue weighted by Gasteiger charge is 2.25. The number of H-pyrrole nitrogens is 1. The number of rotatable bonds is 3. The maximum atomic E-state index is 12.1. The molecule has 0 aliphatic heterocycles. The number of nitrogens with one attached hydrogen (secondary N) is 2. The van der Waals surface area contributed by atoms with E-state index in [0.29, 0.717) is 11.5 Å². The molecule has 0 saturated heterocycles. The van der Waals surface area contributed by atoms with Crippen LogP contribution in [0.5, 0.6) is 0 Å². The minimum absolute atomic E-state index is 0.117. The predicted octanol–water partition coefficient (Wildman–Crippen LogP) is 1.61. The van der Waals surface area contributed by atoms with Crippen LogP contribution >= 0.6 is 0 Å². The molecular weight excluding hydrogens is 216 g/mol. The van der Waals surface area contributed by atoms with Crippen molar-refractivity contribution >= 4 is 11.7 Å². The van der Waals surface area contributed by atoms with Crippen molar-refractivity contribution in [1.82, 2.24) is 15.5 Å². The first kappa shape index (κ1) is 12.0. The van der Waals surface area contributed by atoms with Crippen molar-refractivity contribution in [2.24, 2.45) is 5.92 Å². The minimum atomic E-state index is -0.117. The van der Waals surface area contributed by atoms with Crippen LogP contribution in [-0.2, 0) is 0 Å². The SMILES string of the molecule is Cc1[nH]nc(N)c1C(=O)NC(C)C1CCCC1. The van der Waals surface area contributed by atoms with Crippen LogP contribution in [0.1, 0.15) is 48.7 Å². The molecule has 17 heavy (non-hydrogen) atoms. The zero-order chi connectivity index (χ0) is 12.4. The van der Waals surface area contributed by atoms with Crippen molar-refractivity contribution < 1.29 is 4.79 Å². The average Bonchev–Trinajstić information content (AvgIpc) is 2.88. The fourth-order valence-corrected chi connectivity index (χ4v) is 2.59. The molecule has 94 valence electrons. The number of hydrogen-bond acceptors (Lipinski definition) is 3. The molecule has 1 unspecified atom stereocenters. The largest absolute Gasteiger partial charge is 0.382 e. The first-order valence-electron chi connectivity index (χ1n) is 6.21. The molecule has 1 aliphatic rings. The van der Waals surface area contributed by atoms with Crippen molar-refractivity contribution in [1.29, 1.82) is 0 Å². The van der Waals surface area contributed by atoms with E-state index in [1.807, 2.05) is 0 Å². The molecule has 1 aliphatic carbocycles. The molecule has 1 heterocycles. The van der Waals surface area contributed by atoms with Gasteiger partial charge in [-0.2, -0.15) is 5.10 Å². The Morgan fingerprint density at radius 1 is 1.53 bits per heavy atom. The smallest absolute Gasteiger partial charge is 0.257 e. The molecular formula is C12H20N4O. The number of nitrogens with zero attached hydrogens (tertiary/aromatic N) is 1. The van der Waals surface area contributed by atoms with Crippen LogP contribution < -0.4 is 11.1 Å². The fraction of sp³-hybridized carbons (Fsp3) is 0.667. The van der Waals surface area contributed by atoms with E-state index in [-0.39, 0.29) is 17.8 Å². The summed E-state index contributed by atoms with van der Waals surface area (Å²) in [6, 6.07) is 0.207. The van der Waals surface area contributed by atoms with Crippen molar-refractivity contribution in [3.8, 4) is 0 Å². The fourth-order valence-electron chi connectivity index (χ4n) is 2.59. The molecule has 1 fully saturated rings. The highest BCUT2D eigenvalue weighted by Crippen LogP contribution is 2.27. The van der Waals surface area contributed by atoms with Crippen LogP contribution in [0.2, 0.25) is 0 Å². The number of nitrogens with two attached hydrogens (primary N) is 1. The highest BCUT2D eigenvalue weighted by atomic mass is 16.1. The summed E-state index contributed by atoms with van der Waals surface area (Å²) in [6.07, 6.45) is 4.97. The van der Waals surface area contributed by atoms with Crippen molar-refractivity contribution in [2.45, 2.75) is 45.6 Å². The summed E-state index contributed by atoms with van der Waals surface area (Å²) in [7, 11) is 0. The van der Waals surface area contributed by atoms with Crippen molar-refractivity contribution in [3.63, 3.8) is 0 Å². The van der Waals surface area contributed by atoms with Crippen LogP contribution in [0, 0.1) is 12.8 Å². The summed E-state index contributed by atoms with van der Waals surface area (Å²) in [4.78, 5) is 12.1. The van der Waals surface area contributed by atoms with Gasteiger partial charge in [-0.05, 0) is 32.6 Å².